The van der Waals surface area contributed by atoms with Gasteiger partial charge in [-0.3, -0.25) is 0 Å². The number of anilines is 1. The molecule has 0 spiro atoms. The van der Waals surface area contributed by atoms with Gasteiger partial charge in [0.15, 0.2) is 0 Å². The first kappa shape index (κ1) is 16.3. The minimum atomic E-state index is -0.192. The van der Waals surface area contributed by atoms with Crippen molar-refractivity contribution in [3.8, 4) is 0 Å². The zero-order chi connectivity index (χ0) is 17.9. The summed E-state index contributed by atoms with van der Waals surface area (Å²) >= 11 is 0. The summed E-state index contributed by atoms with van der Waals surface area (Å²) in [5, 5.41) is 3.41. The maximum atomic E-state index is 14.2. The SMILES string of the molecule is Cc1ccc(NCc2nc3ccccc3n2Cc2ccccc2F)cc1. The molecule has 26 heavy (non-hydrogen) atoms. The molecule has 4 aromatic rings. The second-order valence-corrected chi connectivity index (χ2v) is 6.41. The molecule has 1 aromatic heterocycles. The lowest BCUT2D eigenvalue weighted by molar-refractivity contribution is 0.598. The number of benzene rings is 3. The van der Waals surface area contributed by atoms with Crippen LogP contribution < -0.4 is 5.32 Å². The van der Waals surface area contributed by atoms with Crippen molar-refractivity contribution in [3.05, 3.63) is 95.6 Å². The molecule has 0 atom stereocenters. The third-order valence-corrected chi connectivity index (χ3v) is 4.52. The van der Waals surface area contributed by atoms with E-state index in [0.29, 0.717) is 18.7 Å². The average molecular weight is 345 g/mol. The molecule has 0 saturated carbocycles. The summed E-state index contributed by atoms with van der Waals surface area (Å²) in [6, 6.07) is 23.1. The number of para-hydroxylation sites is 2. The van der Waals surface area contributed by atoms with Crippen LogP contribution in [0.5, 0.6) is 0 Å². The molecule has 1 heterocycles. The van der Waals surface area contributed by atoms with Crippen molar-refractivity contribution in [2.24, 2.45) is 0 Å². The van der Waals surface area contributed by atoms with Crippen LogP contribution >= 0.6 is 0 Å². The highest BCUT2D eigenvalue weighted by molar-refractivity contribution is 5.76. The van der Waals surface area contributed by atoms with Gasteiger partial charge in [0.2, 0.25) is 0 Å². The topological polar surface area (TPSA) is 29.9 Å². The number of hydrogen-bond donors (Lipinski definition) is 1. The fourth-order valence-corrected chi connectivity index (χ4v) is 3.09. The van der Waals surface area contributed by atoms with E-state index in [9.17, 15) is 4.39 Å². The van der Waals surface area contributed by atoms with E-state index in [2.05, 4.69) is 41.1 Å². The molecule has 4 heteroatoms. The maximum Gasteiger partial charge on any atom is 0.129 e. The zero-order valence-corrected chi connectivity index (χ0v) is 14.6. The molecule has 0 aliphatic heterocycles. The number of aryl methyl sites for hydroxylation is 1. The molecule has 3 nitrogen and oxygen atoms in total. The summed E-state index contributed by atoms with van der Waals surface area (Å²) in [7, 11) is 0. The lowest BCUT2D eigenvalue weighted by Gasteiger charge is -2.12. The second-order valence-electron chi connectivity index (χ2n) is 6.41. The van der Waals surface area contributed by atoms with Crippen LogP contribution in [0.1, 0.15) is 17.0 Å². The molecule has 4 rings (SSSR count). The Morgan fingerprint density at radius 1 is 0.923 bits per heavy atom. The molecule has 0 fully saturated rings. The van der Waals surface area contributed by atoms with Gasteiger partial charge in [-0.15, -0.1) is 0 Å². The van der Waals surface area contributed by atoms with Crippen molar-refractivity contribution in [3.63, 3.8) is 0 Å². The first-order chi connectivity index (χ1) is 12.7. The Bertz CT molecular complexity index is 1030. The van der Waals surface area contributed by atoms with Gasteiger partial charge in [-0.1, -0.05) is 48.0 Å². The van der Waals surface area contributed by atoms with Gasteiger partial charge in [0.05, 0.1) is 24.1 Å². The summed E-state index contributed by atoms with van der Waals surface area (Å²) in [6.07, 6.45) is 0. The van der Waals surface area contributed by atoms with E-state index in [1.165, 1.54) is 11.6 Å². The Kier molecular flexibility index (Phi) is 4.40. The van der Waals surface area contributed by atoms with Gasteiger partial charge in [0.1, 0.15) is 11.6 Å². The highest BCUT2D eigenvalue weighted by atomic mass is 19.1. The van der Waals surface area contributed by atoms with Crippen molar-refractivity contribution in [2.45, 2.75) is 20.0 Å². The molecule has 0 bridgehead atoms. The molecule has 0 aliphatic rings. The van der Waals surface area contributed by atoms with Gasteiger partial charge in [0, 0.05) is 11.3 Å². The van der Waals surface area contributed by atoms with Crippen LogP contribution in [0.25, 0.3) is 11.0 Å². The average Bonchev–Trinajstić information content (AvgIpc) is 3.01. The van der Waals surface area contributed by atoms with Crippen LogP contribution in [0.2, 0.25) is 0 Å². The van der Waals surface area contributed by atoms with E-state index in [-0.39, 0.29) is 5.82 Å². The summed E-state index contributed by atoms with van der Waals surface area (Å²) in [4.78, 5) is 4.75. The highest BCUT2D eigenvalue weighted by Gasteiger charge is 2.12. The number of rotatable bonds is 5. The van der Waals surface area contributed by atoms with Crippen molar-refractivity contribution < 1.29 is 4.39 Å². The largest absolute Gasteiger partial charge is 0.378 e. The van der Waals surface area contributed by atoms with Gasteiger partial charge in [-0.25, -0.2) is 9.37 Å². The van der Waals surface area contributed by atoms with E-state index in [1.807, 2.05) is 36.4 Å². The summed E-state index contributed by atoms with van der Waals surface area (Å²) < 4.78 is 16.2. The molecular weight excluding hydrogens is 325 g/mol. The Morgan fingerprint density at radius 2 is 1.65 bits per heavy atom. The monoisotopic (exact) mass is 345 g/mol. The maximum absolute atomic E-state index is 14.2. The van der Waals surface area contributed by atoms with E-state index in [0.717, 1.165) is 22.5 Å². The third kappa shape index (κ3) is 3.31. The third-order valence-electron chi connectivity index (χ3n) is 4.52. The molecule has 3 aromatic carbocycles. The van der Waals surface area contributed by atoms with E-state index >= 15 is 0 Å². The van der Waals surface area contributed by atoms with Crippen LogP contribution in [0.3, 0.4) is 0 Å². The van der Waals surface area contributed by atoms with Crippen LogP contribution in [0, 0.1) is 12.7 Å². The summed E-state index contributed by atoms with van der Waals surface area (Å²) in [5.74, 6) is 0.692. The molecule has 0 radical (unpaired) electrons. The first-order valence-electron chi connectivity index (χ1n) is 8.69. The molecule has 0 aliphatic carbocycles. The van der Waals surface area contributed by atoms with Gasteiger partial charge in [-0.2, -0.15) is 0 Å². The minimum Gasteiger partial charge on any atom is -0.378 e. The number of nitrogens with zero attached hydrogens (tertiary/aromatic N) is 2. The zero-order valence-electron chi connectivity index (χ0n) is 14.6. The Balaban J connectivity index is 1.67. The number of imidazole rings is 1. The van der Waals surface area contributed by atoms with Crippen molar-refractivity contribution >= 4 is 16.7 Å². The first-order valence-corrected chi connectivity index (χ1v) is 8.69. The van der Waals surface area contributed by atoms with Crippen LogP contribution in [-0.2, 0) is 13.1 Å². The Hall–Kier alpha value is -3.14. The predicted molar refractivity (Wildman–Crippen MR) is 104 cm³/mol. The van der Waals surface area contributed by atoms with Crippen LogP contribution in [0.4, 0.5) is 10.1 Å². The van der Waals surface area contributed by atoms with Gasteiger partial charge < -0.3 is 9.88 Å². The number of nitrogens with one attached hydrogen (secondary N) is 1. The molecule has 0 unspecified atom stereocenters. The second kappa shape index (κ2) is 7.00. The number of hydrogen-bond acceptors (Lipinski definition) is 2. The quantitative estimate of drug-likeness (QED) is 0.542. The van der Waals surface area contributed by atoms with Crippen molar-refractivity contribution in [1.82, 2.24) is 9.55 Å². The number of aromatic nitrogens is 2. The Morgan fingerprint density at radius 3 is 2.46 bits per heavy atom. The number of halogens is 1. The van der Waals surface area contributed by atoms with Crippen molar-refractivity contribution in [2.75, 3.05) is 5.32 Å². The summed E-state index contributed by atoms with van der Waals surface area (Å²) in [6.45, 7) is 3.10. The molecule has 0 amide bonds. The highest BCUT2D eigenvalue weighted by Crippen LogP contribution is 2.20. The standard InChI is InChI=1S/C22H20FN3/c1-16-10-12-18(13-11-16)24-14-22-25-20-8-4-5-9-21(20)26(22)15-17-6-2-3-7-19(17)23/h2-13,24H,14-15H2,1H3. The predicted octanol–water partition coefficient (Wildman–Crippen LogP) is 5.14. The van der Waals surface area contributed by atoms with Crippen LogP contribution in [0.15, 0.2) is 72.8 Å². The van der Waals surface area contributed by atoms with Crippen LogP contribution in [-0.4, -0.2) is 9.55 Å². The fraction of sp³-hybridized carbons (Fsp3) is 0.136. The van der Waals surface area contributed by atoms with E-state index in [4.69, 9.17) is 4.98 Å². The number of fused-ring (bicyclic) bond motifs is 1. The van der Waals surface area contributed by atoms with Gasteiger partial charge in [-0.05, 0) is 37.3 Å². The smallest absolute Gasteiger partial charge is 0.129 e. The molecule has 130 valence electrons. The molecule has 1 N–H and O–H groups in total. The van der Waals surface area contributed by atoms with Gasteiger partial charge >= 0.3 is 0 Å². The lowest BCUT2D eigenvalue weighted by Crippen LogP contribution is -2.10. The van der Waals surface area contributed by atoms with Crippen molar-refractivity contribution in [1.29, 1.82) is 0 Å². The molecular formula is C22H20FN3. The minimum absolute atomic E-state index is 0.192. The summed E-state index contributed by atoms with van der Waals surface area (Å²) in [5.41, 5.74) is 4.86. The van der Waals surface area contributed by atoms with E-state index in [1.54, 1.807) is 6.07 Å². The lowest BCUT2D eigenvalue weighted by atomic mass is 10.2. The van der Waals surface area contributed by atoms with E-state index < -0.39 is 0 Å². The van der Waals surface area contributed by atoms with Gasteiger partial charge in [0.25, 0.3) is 0 Å². The fourth-order valence-electron chi connectivity index (χ4n) is 3.09. The normalized spacial score (nSPS) is 11.0. The molecule has 0 saturated heterocycles. The Labute approximate surface area is 152 Å².